The minimum absolute atomic E-state index is 0. The van der Waals surface area contributed by atoms with Gasteiger partial charge in [0.2, 0.25) is 0 Å². The van der Waals surface area contributed by atoms with Gasteiger partial charge in [0.15, 0.2) is 5.96 Å². The molecule has 1 aromatic carbocycles. The number of halogens is 1. The first kappa shape index (κ1) is 22.4. The standard InChI is InChI=1S/C19H29N5O.HI/c1-16(2)25-15-5-11-21-19(20-3)22-13-10-17-6-8-18(9-7-17)24-14-4-12-23-24;/h4,6-9,12,14,16H,5,10-11,13,15H2,1-3H3,(H2,20,21,22);1H. The molecule has 26 heavy (non-hydrogen) atoms. The Hall–Kier alpha value is -1.61. The van der Waals surface area contributed by atoms with Crippen LogP contribution in [0.15, 0.2) is 47.7 Å². The van der Waals surface area contributed by atoms with E-state index in [-0.39, 0.29) is 30.1 Å². The van der Waals surface area contributed by atoms with Crippen LogP contribution in [0.25, 0.3) is 5.69 Å². The highest BCUT2D eigenvalue weighted by Crippen LogP contribution is 2.08. The fourth-order valence-electron chi connectivity index (χ4n) is 2.38. The number of guanidine groups is 1. The smallest absolute Gasteiger partial charge is 0.190 e. The van der Waals surface area contributed by atoms with Gasteiger partial charge in [-0.05, 0) is 50.5 Å². The van der Waals surface area contributed by atoms with E-state index >= 15 is 0 Å². The van der Waals surface area contributed by atoms with Crippen molar-refractivity contribution in [3.63, 3.8) is 0 Å². The lowest BCUT2D eigenvalue weighted by atomic mass is 10.1. The minimum atomic E-state index is 0. The zero-order valence-electron chi connectivity index (χ0n) is 15.8. The number of rotatable bonds is 9. The quantitative estimate of drug-likeness (QED) is 0.256. The molecule has 1 aromatic heterocycles. The molecule has 0 aliphatic heterocycles. The molecule has 2 rings (SSSR count). The van der Waals surface area contributed by atoms with E-state index < -0.39 is 0 Å². The van der Waals surface area contributed by atoms with E-state index in [0.29, 0.717) is 0 Å². The average molecular weight is 471 g/mol. The van der Waals surface area contributed by atoms with E-state index in [1.54, 1.807) is 13.2 Å². The van der Waals surface area contributed by atoms with Gasteiger partial charge in [-0.1, -0.05) is 12.1 Å². The fraction of sp³-hybridized carbons (Fsp3) is 0.474. The van der Waals surface area contributed by atoms with Gasteiger partial charge < -0.3 is 15.4 Å². The van der Waals surface area contributed by atoms with Crippen molar-refractivity contribution in [2.75, 3.05) is 26.7 Å². The molecule has 0 atom stereocenters. The molecular weight excluding hydrogens is 441 g/mol. The van der Waals surface area contributed by atoms with Crippen LogP contribution >= 0.6 is 24.0 Å². The first-order valence-electron chi connectivity index (χ1n) is 8.84. The van der Waals surface area contributed by atoms with Crippen molar-refractivity contribution in [3.8, 4) is 5.69 Å². The summed E-state index contributed by atoms with van der Waals surface area (Å²) >= 11 is 0. The van der Waals surface area contributed by atoms with E-state index in [1.165, 1.54) is 5.56 Å². The summed E-state index contributed by atoms with van der Waals surface area (Å²) in [5, 5.41) is 10.9. The second kappa shape index (κ2) is 12.7. The van der Waals surface area contributed by atoms with E-state index in [0.717, 1.165) is 44.2 Å². The molecule has 0 radical (unpaired) electrons. The topological polar surface area (TPSA) is 63.5 Å². The molecule has 0 saturated heterocycles. The number of hydrogen-bond donors (Lipinski definition) is 2. The van der Waals surface area contributed by atoms with Crippen molar-refractivity contribution >= 4 is 29.9 Å². The third-order valence-electron chi connectivity index (χ3n) is 3.70. The third kappa shape index (κ3) is 8.18. The summed E-state index contributed by atoms with van der Waals surface area (Å²) in [6.07, 6.45) is 5.92. The lowest BCUT2D eigenvalue weighted by Crippen LogP contribution is -2.39. The highest BCUT2D eigenvalue weighted by molar-refractivity contribution is 14.0. The Morgan fingerprint density at radius 3 is 2.54 bits per heavy atom. The number of nitrogens with zero attached hydrogens (tertiary/aromatic N) is 3. The van der Waals surface area contributed by atoms with E-state index in [9.17, 15) is 0 Å². The molecule has 2 aromatic rings. The molecule has 0 aliphatic carbocycles. The predicted molar refractivity (Wildman–Crippen MR) is 118 cm³/mol. The number of ether oxygens (including phenoxy) is 1. The molecule has 2 N–H and O–H groups in total. The normalized spacial score (nSPS) is 11.3. The van der Waals surface area contributed by atoms with Crippen LogP contribution in [0, 0.1) is 0 Å². The molecule has 0 fully saturated rings. The summed E-state index contributed by atoms with van der Waals surface area (Å²) in [6, 6.07) is 10.4. The van der Waals surface area contributed by atoms with Gasteiger partial charge in [-0.3, -0.25) is 4.99 Å². The van der Waals surface area contributed by atoms with Crippen molar-refractivity contribution < 1.29 is 4.74 Å². The van der Waals surface area contributed by atoms with E-state index in [1.807, 2.05) is 16.9 Å². The first-order valence-corrected chi connectivity index (χ1v) is 8.84. The Morgan fingerprint density at radius 1 is 1.19 bits per heavy atom. The van der Waals surface area contributed by atoms with Crippen LogP contribution in [0.2, 0.25) is 0 Å². The minimum Gasteiger partial charge on any atom is -0.379 e. The van der Waals surface area contributed by atoms with Gasteiger partial charge in [0.1, 0.15) is 0 Å². The average Bonchev–Trinajstić information content (AvgIpc) is 3.15. The molecule has 1 heterocycles. The zero-order chi connectivity index (χ0) is 17.9. The summed E-state index contributed by atoms with van der Waals surface area (Å²) in [5.74, 6) is 0.831. The highest BCUT2D eigenvalue weighted by atomic mass is 127. The van der Waals surface area contributed by atoms with Crippen molar-refractivity contribution in [1.82, 2.24) is 20.4 Å². The van der Waals surface area contributed by atoms with E-state index in [2.05, 4.69) is 58.8 Å². The van der Waals surface area contributed by atoms with Gasteiger partial charge in [0, 0.05) is 39.1 Å². The van der Waals surface area contributed by atoms with Crippen molar-refractivity contribution in [1.29, 1.82) is 0 Å². The SMILES string of the molecule is CN=C(NCCCOC(C)C)NCCc1ccc(-n2cccn2)cc1.I. The van der Waals surface area contributed by atoms with Crippen LogP contribution in [0.1, 0.15) is 25.8 Å². The number of benzene rings is 1. The number of aromatic nitrogens is 2. The summed E-state index contributed by atoms with van der Waals surface area (Å²) < 4.78 is 7.38. The maximum absolute atomic E-state index is 5.53. The number of aliphatic imine (C=N–C) groups is 1. The van der Waals surface area contributed by atoms with Gasteiger partial charge in [-0.25, -0.2) is 4.68 Å². The zero-order valence-corrected chi connectivity index (χ0v) is 18.1. The van der Waals surface area contributed by atoms with Crippen LogP contribution in [0.5, 0.6) is 0 Å². The maximum Gasteiger partial charge on any atom is 0.190 e. The number of hydrogen-bond acceptors (Lipinski definition) is 3. The maximum atomic E-state index is 5.53. The Morgan fingerprint density at radius 2 is 1.92 bits per heavy atom. The lowest BCUT2D eigenvalue weighted by Gasteiger charge is -2.13. The summed E-state index contributed by atoms with van der Waals surface area (Å²) in [4.78, 5) is 4.24. The highest BCUT2D eigenvalue weighted by Gasteiger charge is 2.00. The van der Waals surface area contributed by atoms with Gasteiger partial charge in [0.05, 0.1) is 11.8 Å². The number of nitrogens with one attached hydrogen (secondary N) is 2. The van der Waals surface area contributed by atoms with Gasteiger partial charge in [0.25, 0.3) is 0 Å². The second-order valence-corrected chi connectivity index (χ2v) is 6.07. The Labute approximate surface area is 173 Å². The molecule has 0 unspecified atom stereocenters. The molecule has 0 aliphatic rings. The predicted octanol–water partition coefficient (Wildman–Crippen LogP) is 3.01. The molecule has 144 valence electrons. The molecule has 7 heteroatoms. The Kier molecular flexibility index (Phi) is 11.0. The van der Waals surface area contributed by atoms with Gasteiger partial charge in [-0.15, -0.1) is 24.0 Å². The van der Waals surface area contributed by atoms with Crippen LogP contribution in [-0.4, -0.2) is 48.6 Å². The molecule has 0 saturated carbocycles. The van der Waals surface area contributed by atoms with Crippen LogP contribution in [0.3, 0.4) is 0 Å². The summed E-state index contributed by atoms with van der Waals surface area (Å²) in [6.45, 7) is 6.56. The molecular formula is C19H30IN5O. The molecule has 0 amide bonds. The second-order valence-electron chi connectivity index (χ2n) is 6.07. The first-order chi connectivity index (χ1) is 12.2. The Bertz CT molecular complexity index is 626. The van der Waals surface area contributed by atoms with Crippen molar-refractivity contribution in [3.05, 3.63) is 48.3 Å². The van der Waals surface area contributed by atoms with Gasteiger partial charge >= 0.3 is 0 Å². The summed E-state index contributed by atoms with van der Waals surface area (Å²) in [5.41, 5.74) is 2.35. The largest absolute Gasteiger partial charge is 0.379 e. The summed E-state index contributed by atoms with van der Waals surface area (Å²) in [7, 11) is 1.79. The molecule has 0 spiro atoms. The van der Waals surface area contributed by atoms with Gasteiger partial charge in [-0.2, -0.15) is 5.10 Å². The monoisotopic (exact) mass is 471 g/mol. The molecule has 0 bridgehead atoms. The molecule has 6 nitrogen and oxygen atoms in total. The fourth-order valence-corrected chi connectivity index (χ4v) is 2.38. The van der Waals surface area contributed by atoms with Crippen molar-refractivity contribution in [2.45, 2.75) is 32.8 Å². The van der Waals surface area contributed by atoms with E-state index in [4.69, 9.17) is 4.74 Å². The van der Waals surface area contributed by atoms with Crippen LogP contribution in [0.4, 0.5) is 0 Å². The third-order valence-corrected chi connectivity index (χ3v) is 3.70. The lowest BCUT2D eigenvalue weighted by molar-refractivity contribution is 0.0776. The van der Waals surface area contributed by atoms with Crippen LogP contribution in [-0.2, 0) is 11.2 Å². The van der Waals surface area contributed by atoms with Crippen LogP contribution < -0.4 is 10.6 Å². The van der Waals surface area contributed by atoms with Crippen molar-refractivity contribution in [2.24, 2.45) is 4.99 Å². The Balaban J connectivity index is 0.00000338.